The fourth-order valence-corrected chi connectivity index (χ4v) is 1.87. The van der Waals surface area contributed by atoms with E-state index in [0.717, 1.165) is 38.4 Å². The van der Waals surface area contributed by atoms with Gasteiger partial charge in [-0.15, -0.1) is 0 Å². The molecular weight excluding hydrogens is 224 g/mol. The minimum Gasteiger partial charge on any atom is -0.493 e. The van der Waals surface area contributed by atoms with Gasteiger partial charge in [-0.25, -0.2) is 0 Å². The van der Waals surface area contributed by atoms with Crippen molar-refractivity contribution in [1.82, 2.24) is 10.2 Å². The van der Waals surface area contributed by atoms with Gasteiger partial charge in [-0.3, -0.25) is 0 Å². The van der Waals surface area contributed by atoms with Crippen LogP contribution in [0, 0.1) is 6.92 Å². The van der Waals surface area contributed by atoms with Crippen molar-refractivity contribution in [2.24, 2.45) is 0 Å². The fraction of sp³-hybridized carbons (Fsp3) is 0.600. The number of nitrogens with one attached hydrogen (secondary N) is 1. The van der Waals surface area contributed by atoms with Crippen molar-refractivity contribution < 1.29 is 4.74 Å². The molecule has 0 fully saturated rings. The predicted octanol–water partition coefficient (Wildman–Crippen LogP) is 2.44. The first-order chi connectivity index (χ1) is 8.65. The first-order valence-corrected chi connectivity index (χ1v) is 6.72. The van der Waals surface area contributed by atoms with Gasteiger partial charge in [0.1, 0.15) is 5.75 Å². The molecule has 0 amide bonds. The van der Waals surface area contributed by atoms with Crippen molar-refractivity contribution in [3.05, 3.63) is 29.3 Å². The summed E-state index contributed by atoms with van der Waals surface area (Å²) < 4.78 is 5.95. The molecule has 0 unspecified atom stereocenters. The van der Waals surface area contributed by atoms with Gasteiger partial charge < -0.3 is 15.0 Å². The van der Waals surface area contributed by atoms with Gasteiger partial charge in [0.2, 0.25) is 0 Å². The SMILES string of the molecule is CCNCc1cccc(C)c1OCCCN(C)C. The third-order valence-electron chi connectivity index (χ3n) is 2.85. The molecule has 1 rings (SSSR count). The quantitative estimate of drug-likeness (QED) is 0.717. The van der Waals surface area contributed by atoms with E-state index in [4.69, 9.17) is 4.74 Å². The topological polar surface area (TPSA) is 24.5 Å². The average molecular weight is 250 g/mol. The zero-order valence-electron chi connectivity index (χ0n) is 12.1. The Labute approximate surface area is 111 Å². The third-order valence-corrected chi connectivity index (χ3v) is 2.85. The summed E-state index contributed by atoms with van der Waals surface area (Å²) in [6.07, 6.45) is 1.06. The maximum atomic E-state index is 5.95. The number of nitrogens with zero attached hydrogens (tertiary/aromatic N) is 1. The van der Waals surface area contributed by atoms with Crippen molar-refractivity contribution in [1.29, 1.82) is 0 Å². The lowest BCUT2D eigenvalue weighted by atomic mass is 10.1. The number of aryl methyl sites for hydroxylation is 1. The molecule has 3 nitrogen and oxygen atoms in total. The zero-order valence-corrected chi connectivity index (χ0v) is 12.1. The second-order valence-corrected chi connectivity index (χ2v) is 4.85. The Kier molecular flexibility index (Phi) is 6.76. The molecule has 0 bridgehead atoms. The highest BCUT2D eigenvalue weighted by molar-refractivity contribution is 5.40. The maximum absolute atomic E-state index is 5.95. The van der Waals surface area contributed by atoms with Crippen LogP contribution in [-0.2, 0) is 6.54 Å². The molecule has 0 aromatic heterocycles. The Morgan fingerprint density at radius 1 is 1.28 bits per heavy atom. The van der Waals surface area contributed by atoms with Crippen LogP contribution in [0.3, 0.4) is 0 Å². The van der Waals surface area contributed by atoms with Gasteiger partial charge in [0.25, 0.3) is 0 Å². The van der Waals surface area contributed by atoms with E-state index < -0.39 is 0 Å². The summed E-state index contributed by atoms with van der Waals surface area (Å²) in [6, 6.07) is 6.34. The van der Waals surface area contributed by atoms with E-state index in [1.165, 1.54) is 11.1 Å². The molecular formula is C15H26N2O. The molecule has 0 radical (unpaired) electrons. The van der Waals surface area contributed by atoms with Crippen LogP contribution < -0.4 is 10.1 Å². The molecule has 1 aromatic rings. The van der Waals surface area contributed by atoms with Crippen molar-refractivity contribution in [2.75, 3.05) is 33.8 Å². The number of hydrogen-bond donors (Lipinski definition) is 1. The molecule has 0 atom stereocenters. The van der Waals surface area contributed by atoms with Crippen LogP contribution in [0.15, 0.2) is 18.2 Å². The Bertz CT molecular complexity index is 350. The summed E-state index contributed by atoms with van der Waals surface area (Å²) in [4.78, 5) is 2.18. The molecule has 0 saturated carbocycles. The summed E-state index contributed by atoms with van der Waals surface area (Å²) in [5, 5.41) is 3.35. The standard InChI is InChI=1S/C15H26N2O/c1-5-16-12-14-9-6-8-13(2)15(14)18-11-7-10-17(3)4/h6,8-9,16H,5,7,10-12H2,1-4H3. The van der Waals surface area contributed by atoms with Crippen molar-refractivity contribution >= 4 is 0 Å². The molecule has 0 aliphatic carbocycles. The molecule has 1 aromatic carbocycles. The minimum absolute atomic E-state index is 0.780. The summed E-state index contributed by atoms with van der Waals surface area (Å²) >= 11 is 0. The van der Waals surface area contributed by atoms with Crippen molar-refractivity contribution in [3.63, 3.8) is 0 Å². The molecule has 0 aliphatic heterocycles. The van der Waals surface area contributed by atoms with Crippen LogP contribution in [0.5, 0.6) is 5.75 Å². The maximum Gasteiger partial charge on any atom is 0.126 e. The van der Waals surface area contributed by atoms with Gasteiger partial charge in [0, 0.05) is 18.7 Å². The Hall–Kier alpha value is -1.06. The van der Waals surface area contributed by atoms with Crippen LogP contribution in [0.25, 0.3) is 0 Å². The summed E-state index contributed by atoms with van der Waals surface area (Å²) in [5.41, 5.74) is 2.47. The predicted molar refractivity (Wildman–Crippen MR) is 77.2 cm³/mol. The summed E-state index contributed by atoms with van der Waals surface area (Å²) in [6.45, 7) is 7.93. The molecule has 0 aliphatic rings. The molecule has 0 saturated heterocycles. The molecule has 0 heterocycles. The highest BCUT2D eigenvalue weighted by atomic mass is 16.5. The Morgan fingerprint density at radius 2 is 2.06 bits per heavy atom. The zero-order chi connectivity index (χ0) is 13.4. The number of hydrogen-bond acceptors (Lipinski definition) is 3. The van der Waals surface area contributed by atoms with E-state index in [2.05, 4.69) is 56.4 Å². The van der Waals surface area contributed by atoms with Gasteiger partial charge in [-0.05, 0) is 39.5 Å². The molecule has 0 spiro atoms. The molecule has 3 heteroatoms. The number of rotatable bonds is 8. The van der Waals surface area contributed by atoms with Gasteiger partial charge in [-0.1, -0.05) is 25.1 Å². The second-order valence-electron chi connectivity index (χ2n) is 4.85. The highest BCUT2D eigenvalue weighted by Crippen LogP contribution is 2.23. The van der Waals surface area contributed by atoms with E-state index in [-0.39, 0.29) is 0 Å². The van der Waals surface area contributed by atoms with Crippen LogP contribution in [0.2, 0.25) is 0 Å². The van der Waals surface area contributed by atoms with Crippen LogP contribution in [-0.4, -0.2) is 38.7 Å². The summed E-state index contributed by atoms with van der Waals surface area (Å²) in [5.74, 6) is 1.05. The monoisotopic (exact) mass is 250 g/mol. The van der Waals surface area contributed by atoms with Crippen molar-refractivity contribution in [2.45, 2.75) is 26.8 Å². The van der Waals surface area contributed by atoms with Crippen LogP contribution in [0.4, 0.5) is 0 Å². The van der Waals surface area contributed by atoms with Gasteiger partial charge >= 0.3 is 0 Å². The van der Waals surface area contributed by atoms with Crippen LogP contribution >= 0.6 is 0 Å². The minimum atomic E-state index is 0.780. The summed E-state index contributed by atoms with van der Waals surface area (Å²) in [7, 11) is 4.18. The molecule has 1 N–H and O–H groups in total. The van der Waals surface area contributed by atoms with Crippen LogP contribution in [0.1, 0.15) is 24.5 Å². The highest BCUT2D eigenvalue weighted by Gasteiger charge is 2.06. The third kappa shape index (κ3) is 5.07. The van der Waals surface area contributed by atoms with E-state index in [9.17, 15) is 0 Å². The first kappa shape index (κ1) is 15.0. The Morgan fingerprint density at radius 3 is 2.72 bits per heavy atom. The normalized spacial score (nSPS) is 10.9. The first-order valence-electron chi connectivity index (χ1n) is 6.72. The van der Waals surface area contributed by atoms with Gasteiger partial charge in [-0.2, -0.15) is 0 Å². The largest absolute Gasteiger partial charge is 0.493 e. The number of benzene rings is 1. The van der Waals surface area contributed by atoms with Crippen molar-refractivity contribution in [3.8, 4) is 5.75 Å². The van der Waals surface area contributed by atoms with E-state index in [0.29, 0.717) is 0 Å². The number of ether oxygens (including phenoxy) is 1. The fourth-order valence-electron chi connectivity index (χ4n) is 1.87. The number of para-hydroxylation sites is 1. The van der Waals surface area contributed by atoms with E-state index in [1.807, 2.05) is 0 Å². The lowest BCUT2D eigenvalue weighted by Crippen LogP contribution is -2.17. The Balaban J connectivity index is 2.56. The lowest BCUT2D eigenvalue weighted by Gasteiger charge is -2.15. The molecule has 18 heavy (non-hydrogen) atoms. The molecule has 102 valence electrons. The smallest absolute Gasteiger partial charge is 0.126 e. The van der Waals surface area contributed by atoms with Gasteiger partial charge in [0.05, 0.1) is 6.61 Å². The van der Waals surface area contributed by atoms with Gasteiger partial charge in [0.15, 0.2) is 0 Å². The average Bonchev–Trinajstić information content (AvgIpc) is 2.33. The lowest BCUT2D eigenvalue weighted by molar-refractivity contribution is 0.277. The second kappa shape index (κ2) is 8.11. The van der Waals surface area contributed by atoms with E-state index >= 15 is 0 Å². The van der Waals surface area contributed by atoms with E-state index in [1.54, 1.807) is 0 Å².